The molecular weight excluding hydrogens is 364 g/mol. The van der Waals surface area contributed by atoms with Crippen molar-refractivity contribution in [2.45, 2.75) is 6.42 Å². The minimum Gasteiger partial charge on any atom is -0.359 e. The molecule has 0 atom stereocenters. The molecule has 3 aromatic carbocycles. The molecule has 3 aromatic rings. The van der Waals surface area contributed by atoms with E-state index in [-0.39, 0.29) is 12.3 Å². The lowest BCUT2D eigenvalue weighted by Crippen LogP contribution is -2.27. The van der Waals surface area contributed by atoms with Gasteiger partial charge in [0.05, 0.1) is 6.21 Å². The van der Waals surface area contributed by atoms with E-state index in [9.17, 15) is 9.59 Å². The molecule has 0 aliphatic heterocycles. The summed E-state index contributed by atoms with van der Waals surface area (Å²) in [5, 5.41) is 6.29. The number of nitrogens with zero attached hydrogens (tertiary/aromatic N) is 2. The molecular formula is C23H22N4O2. The highest BCUT2D eigenvalue weighted by atomic mass is 16.2. The van der Waals surface area contributed by atoms with E-state index in [0.29, 0.717) is 0 Å². The van der Waals surface area contributed by atoms with E-state index in [1.807, 2.05) is 60.7 Å². The second-order valence-corrected chi connectivity index (χ2v) is 6.24. The third kappa shape index (κ3) is 5.52. The summed E-state index contributed by atoms with van der Waals surface area (Å²) in [4.78, 5) is 24.9. The van der Waals surface area contributed by atoms with Gasteiger partial charge >= 0.3 is 0 Å². The minimum atomic E-state index is -0.462. The smallest absolute Gasteiger partial charge is 0.249 e. The van der Waals surface area contributed by atoms with Crippen LogP contribution in [0.5, 0.6) is 0 Å². The van der Waals surface area contributed by atoms with Crippen molar-refractivity contribution < 1.29 is 9.59 Å². The Morgan fingerprint density at radius 1 is 0.793 bits per heavy atom. The number of amides is 2. The molecule has 2 N–H and O–H groups in total. The van der Waals surface area contributed by atoms with Gasteiger partial charge in [0.1, 0.15) is 6.42 Å². The Bertz CT molecular complexity index is 931. The van der Waals surface area contributed by atoms with Crippen LogP contribution in [0.4, 0.5) is 17.1 Å². The fourth-order valence-electron chi connectivity index (χ4n) is 2.76. The zero-order valence-corrected chi connectivity index (χ0v) is 16.1. The van der Waals surface area contributed by atoms with E-state index in [1.165, 1.54) is 7.05 Å². The fourth-order valence-corrected chi connectivity index (χ4v) is 2.76. The number of anilines is 3. The lowest BCUT2D eigenvalue weighted by molar-refractivity contribution is -0.128. The molecule has 0 spiro atoms. The van der Waals surface area contributed by atoms with Crippen LogP contribution in [0.2, 0.25) is 0 Å². The summed E-state index contributed by atoms with van der Waals surface area (Å²) in [6.07, 6.45) is 1.29. The van der Waals surface area contributed by atoms with Gasteiger partial charge in [0.15, 0.2) is 0 Å². The summed E-state index contributed by atoms with van der Waals surface area (Å²) in [7, 11) is 1.48. The highest BCUT2D eigenvalue weighted by molar-refractivity contribution is 5.97. The summed E-state index contributed by atoms with van der Waals surface area (Å²) in [6, 6.07) is 28.1. The Labute approximate surface area is 169 Å². The summed E-state index contributed by atoms with van der Waals surface area (Å²) in [6.45, 7) is 0. The van der Waals surface area contributed by atoms with Crippen molar-refractivity contribution in [1.29, 1.82) is 0 Å². The zero-order valence-electron chi connectivity index (χ0n) is 16.1. The lowest BCUT2D eigenvalue weighted by Gasteiger charge is -2.25. The van der Waals surface area contributed by atoms with Crippen LogP contribution in [0.25, 0.3) is 0 Å². The SMILES string of the molecule is CNC(=O)CC(=O)N/N=C\c1ccc(N(c2ccccc2)c2ccccc2)cc1. The quantitative estimate of drug-likeness (QED) is 0.369. The third-order valence-electron chi connectivity index (χ3n) is 4.18. The standard InChI is InChI=1S/C23H22N4O2/c1-24-22(28)16-23(29)26-25-17-18-12-14-21(15-13-18)27(19-8-4-2-5-9-19)20-10-6-3-7-11-20/h2-15,17H,16H2,1H3,(H,24,28)(H,26,29)/b25-17-. The van der Waals surface area contributed by atoms with Gasteiger partial charge in [0.2, 0.25) is 11.8 Å². The van der Waals surface area contributed by atoms with Gasteiger partial charge in [-0.25, -0.2) is 5.43 Å². The topological polar surface area (TPSA) is 73.8 Å². The first kappa shape index (κ1) is 19.8. The van der Waals surface area contributed by atoms with Gasteiger partial charge in [-0.15, -0.1) is 0 Å². The Balaban J connectivity index is 1.75. The average Bonchev–Trinajstić information content (AvgIpc) is 2.76. The van der Waals surface area contributed by atoms with Gasteiger partial charge in [-0.1, -0.05) is 48.5 Å². The van der Waals surface area contributed by atoms with E-state index in [0.717, 1.165) is 22.6 Å². The lowest BCUT2D eigenvalue weighted by atomic mass is 10.1. The van der Waals surface area contributed by atoms with Crippen LogP contribution < -0.4 is 15.6 Å². The number of carbonyl (C=O) groups is 2. The molecule has 3 rings (SSSR count). The monoisotopic (exact) mass is 386 g/mol. The van der Waals surface area contributed by atoms with Crippen LogP contribution >= 0.6 is 0 Å². The molecule has 0 fully saturated rings. The Morgan fingerprint density at radius 2 is 1.31 bits per heavy atom. The fraction of sp³-hybridized carbons (Fsp3) is 0.0870. The molecule has 0 heterocycles. The molecule has 0 aliphatic carbocycles. The van der Waals surface area contributed by atoms with Crippen molar-refractivity contribution in [1.82, 2.24) is 10.7 Å². The van der Waals surface area contributed by atoms with Crippen LogP contribution in [-0.4, -0.2) is 25.1 Å². The van der Waals surface area contributed by atoms with Crippen molar-refractivity contribution in [3.8, 4) is 0 Å². The number of carbonyl (C=O) groups excluding carboxylic acids is 2. The van der Waals surface area contributed by atoms with E-state index in [2.05, 4.69) is 45.0 Å². The number of nitrogens with one attached hydrogen (secondary N) is 2. The van der Waals surface area contributed by atoms with Crippen LogP contribution in [0.3, 0.4) is 0 Å². The van der Waals surface area contributed by atoms with Crippen LogP contribution in [0.1, 0.15) is 12.0 Å². The van der Waals surface area contributed by atoms with E-state index in [1.54, 1.807) is 6.21 Å². The first-order chi connectivity index (χ1) is 14.2. The minimum absolute atomic E-state index is 0.254. The summed E-state index contributed by atoms with van der Waals surface area (Å²) < 4.78 is 0. The highest BCUT2D eigenvalue weighted by Crippen LogP contribution is 2.33. The Hall–Kier alpha value is -3.93. The number of benzene rings is 3. The predicted octanol–water partition coefficient (Wildman–Crippen LogP) is 3.74. The Kier molecular flexibility index (Phi) is 6.73. The van der Waals surface area contributed by atoms with Gasteiger partial charge in [0, 0.05) is 24.1 Å². The molecule has 0 aromatic heterocycles. The molecule has 0 aliphatic rings. The summed E-state index contributed by atoms with van der Waals surface area (Å²) >= 11 is 0. The maximum Gasteiger partial charge on any atom is 0.249 e. The van der Waals surface area contributed by atoms with E-state index < -0.39 is 5.91 Å². The van der Waals surface area contributed by atoms with Gasteiger partial charge in [-0.05, 0) is 42.0 Å². The molecule has 0 saturated carbocycles. The van der Waals surface area contributed by atoms with Crippen LogP contribution in [0, 0.1) is 0 Å². The van der Waals surface area contributed by atoms with Crippen molar-refractivity contribution in [2.75, 3.05) is 11.9 Å². The predicted molar refractivity (Wildman–Crippen MR) is 116 cm³/mol. The first-order valence-electron chi connectivity index (χ1n) is 9.20. The average molecular weight is 386 g/mol. The van der Waals surface area contributed by atoms with Crippen molar-refractivity contribution in [2.24, 2.45) is 5.10 Å². The number of hydrogen-bond donors (Lipinski definition) is 2. The van der Waals surface area contributed by atoms with Crippen molar-refractivity contribution in [3.63, 3.8) is 0 Å². The summed E-state index contributed by atoms with van der Waals surface area (Å²) in [5.41, 5.74) is 6.29. The van der Waals surface area contributed by atoms with Gasteiger partial charge in [-0.2, -0.15) is 5.10 Å². The van der Waals surface area contributed by atoms with Gasteiger partial charge < -0.3 is 10.2 Å². The third-order valence-corrected chi connectivity index (χ3v) is 4.18. The zero-order chi connectivity index (χ0) is 20.5. The van der Waals surface area contributed by atoms with E-state index >= 15 is 0 Å². The molecule has 29 heavy (non-hydrogen) atoms. The van der Waals surface area contributed by atoms with Crippen LogP contribution in [-0.2, 0) is 9.59 Å². The highest BCUT2D eigenvalue weighted by Gasteiger charge is 2.11. The van der Waals surface area contributed by atoms with Gasteiger partial charge in [-0.3, -0.25) is 9.59 Å². The number of rotatable bonds is 7. The molecule has 6 heteroatoms. The number of hydrogen-bond acceptors (Lipinski definition) is 4. The molecule has 6 nitrogen and oxygen atoms in total. The van der Waals surface area contributed by atoms with Gasteiger partial charge in [0.25, 0.3) is 0 Å². The molecule has 0 unspecified atom stereocenters. The molecule has 2 amide bonds. The van der Waals surface area contributed by atoms with Crippen molar-refractivity contribution >= 4 is 35.1 Å². The molecule has 0 radical (unpaired) electrons. The number of para-hydroxylation sites is 2. The molecule has 146 valence electrons. The van der Waals surface area contributed by atoms with Crippen LogP contribution in [0.15, 0.2) is 90.0 Å². The Morgan fingerprint density at radius 3 is 1.83 bits per heavy atom. The first-order valence-corrected chi connectivity index (χ1v) is 9.20. The van der Waals surface area contributed by atoms with E-state index in [4.69, 9.17) is 0 Å². The largest absolute Gasteiger partial charge is 0.359 e. The molecule has 0 bridgehead atoms. The number of hydrazone groups is 1. The van der Waals surface area contributed by atoms with Crippen molar-refractivity contribution in [3.05, 3.63) is 90.5 Å². The summed E-state index contributed by atoms with van der Waals surface area (Å²) in [5.74, 6) is -0.819. The normalized spacial score (nSPS) is 10.5. The maximum atomic E-state index is 11.6. The maximum absolute atomic E-state index is 11.6. The second-order valence-electron chi connectivity index (χ2n) is 6.24. The molecule has 0 saturated heterocycles. The second kappa shape index (κ2) is 9.85.